The Hall–Kier alpha value is -1.22. The highest BCUT2D eigenvalue weighted by molar-refractivity contribution is 7.67. The van der Waals surface area contributed by atoms with Gasteiger partial charge >= 0.3 is 5.97 Å². The van der Waals surface area contributed by atoms with Crippen LogP contribution in [0.2, 0.25) is 0 Å². The molecule has 0 saturated heterocycles. The number of hydrogen-bond donors (Lipinski definition) is 3. The van der Waals surface area contributed by atoms with E-state index in [1.165, 1.54) is 6.42 Å². The van der Waals surface area contributed by atoms with E-state index in [0.717, 1.165) is 31.3 Å². The molecule has 0 amide bonds. The summed E-state index contributed by atoms with van der Waals surface area (Å²) in [6.07, 6.45) is 4.99. The summed E-state index contributed by atoms with van der Waals surface area (Å²) in [6, 6.07) is 8.77. The SMILES string of the molecule is O=C(O)C(C[P+](O)(O)C=C1CCCCC1)c1ccccc1. The van der Waals surface area contributed by atoms with E-state index < -0.39 is 19.6 Å². The maximum absolute atomic E-state index is 11.4. The van der Waals surface area contributed by atoms with Gasteiger partial charge in [-0.1, -0.05) is 36.8 Å². The Morgan fingerprint density at radius 1 is 1.14 bits per heavy atom. The molecule has 0 radical (unpaired) electrons. The second kappa shape index (κ2) is 7.17. The van der Waals surface area contributed by atoms with Crippen molar-refractivity contribution >= 4 is 13.7 Å². The number of hydrogen-bond acceptors (Lipinski definition) is 3. The molecule has 1 atom stereocenters. The highest BCUT2D eigenvalue weighted by Crippen LogP contribution is 2.56. The van der Waals surface area contributed by atoms with Crippen molar-refractivity contribution < 1.29 is 19.7 Å². The van der Waals surface area contributed by atoms with Crippen molar-refractivity contribution in [1.29, 1.82) is 0 Å². The van der Waals surface area contributed by atoms with E-state index in [0.29, 0.717) is 5.56 Å². The van der Waals surface area contributed by atoms with Crippen LogP contribution in [-0.2, 0) is 4.79 Å². The Labute approximate surface area is 125 Å². The standard InChI is InChI=1S/C16H21O4P/c17-16(18)15(14-9-5-2-6-10-14)12-21(19,20)11-13-7-3-1-4-8-13/h2,5-6,9-11,15,19-20H,1,3-4,7-8,12H2/p+1. The average Bonchev–Trinajstić information content (AvgIpc) is 2.46. The van der Waals surface area contributed by atoms with Crippen LogP contribution in [0.15, 0.2) is 41.7 Å². The molecule has 1 aromatic rings. The van der Waals surface area contributed by atoms with Crippen molar-refractivity contribution in [3.63, 3.8) is 0 Å². The molecule has 0 spiro atoms. The first-order chi connectivity index (χ1) is 9.98. The minimum absolute atomic E-state index is 0.129. The van der Waals surface area contributed by atoms with Crippen molar-refractivity contribution in [3.8, 4) is 0 Å². The molecule has 1 aliphatic rings. The Kier molecular flexibility index (Phi) is 5.51. The fourth-order valence-electron chi connectivity index (χ4n) is 2.76. The molecule has 0 aliphatic heterocycles. The third kappa shape index (κ3) is 4.92. The molecule has 1 saturated carbocycles. The van der Waals surface area contributed by atoms with Gasteiger partial charge in [-0.3, -0.25) is 4.79 Å². The zero-order valence-corrected chi connectivity index (χ0v) is 12.9. The van der Waals surface area contributed by atoms with E-state index in [1.807, 2.05) is 6.07 Å². The van der Waals surface area contributed by atoms with Gasteiger partial charge in [0.15, 0.2) is 0 Å². The van der Waals surface area contributed by atoms with E-state index in [-0.39, 0.29) is 6.16 Å². The first-order valence-electron chi connectivity index (χ1n) is 7.29. The molecule has 1 unspecified atom stereocenters. The van der Waals surface area contributed by atoms with Crippen LogP contribution in [0, 0.1) is 0 Å². The topological polar surface area (TPSA) is 77.8 Å². The van der Waals surface area contributed by atoms with Crippen LogP contribution in [0.4, 0.5) is 0 Å². The second-order valence-corrected chi connectivity index (χ2v) is 7.81. The smallest absolute Gasteiger partial charge is 0.314 e. The van der Waals surface area contributed by atoms with Gasteiger partial charge in [0.1, 0.15) is 17.9 Å². The first-order valence-corrected chi connectivity index (χ1v) is 9.24. The summed E-state index contributed by atoms with van der Waals surface area (Å²) in [5, 5.41) is 9.37. The van der Waals surface area contributed by atoms with Gasteiger partial charge in [0.2, 0.25) is 0 Å². The van der Waals surface area contributed by atoms with Crippen molar-refractivity contribution in [1.82, 2.24) is 0 Å². The average molecular weight is 309 g/mol. The fourth-order valence-corrected chi connectivity index (χ4v) is 4.61. The number of benzene rings is 1. The van der Waals surface area contributed by atoms with Crippen LogP contribution in [0.25, 0.3) is 0 Å². The normalized spacial score (nSPS) is 17.3. The summed E-state index contributed by atoms with van der Waals surface area (Å²) >= 11 is 0. The summed E-state index contributed by atoms with van der Waals surface area (Å²) in [5.74, 6) is -0.337. The van der Waals surface area contributed by atoms with Crippen molar-refractivity contribution in [2.45, 2.75) is 38.0 Å². The largest absolute Gasteiger partial charge is 0.481 e. The lowest BCUT2D eigenvalue weighted by Crippen LogP contribution is -2.17. The number of carboxylic acids is 1. The zero-order chi connectivity index (χ0) is 15.3. The molecule has 0 aromatic heterocycles. The molecule has 21 heavy (non-hydrogen) atoms. The monoisotopic (exact) mass is 309 g/mol. The van der Waals surface area contributed by atoms with Gasteiger partial charge in [-0.05, 0) is 36.8 Å². The maximum Gasteiger partial charge on any atom is 0.314 e. The number of carboxylic acid groups (broad SMARTS) is 1. The van der Waals surface area contributed by atoms with Crippen molar-refractivity contribution in [2.75, 3.05) is 6.16 Å². The highest BCUT2D eigenvalue weighted by atomic mass is 31.2. The van der Waals surface area contributed by atoms with E-state index in [4.69, 9.17) is 0 Å². The Morgan fingerprint density at radius 3 is 2.33 bits per heavy atom. The third-order valence-electron chi connectivity index (χ3n) is 3.84. The zero-order valence-electron chi connectivity index (χ0n) is 12.0. The lowest BCUT2D eigenvalue weighted by atomic mass is 9.96. The van der Waals surface area contributed by atoms with Crippen molar-refractivity contribution in [3.05, 3.63) is 47.3 Å². The minimum atomic E-state index is -3.33. The van der Waals surface area contributed by atoms with Crippen molar-refractivity contribution in [2.24, 2.45) is 0 Å². The van der Waals surface area contributed by atoms with E-state index in [9.17, 15) is 19.7 Å². The molecule has 114 valence electrons. The van der Waals surface area contributed by atoms with E-state index >= 15 is 0 Å². The minimum Gasteiger partial charge on any atom is -0.481 e. The van der Waals surface area contributed by atoms with Crippen LogP contribution in [0.3, 0.4) is 0 Å². The predicted octanol–water partition coefficient (Wildman–Crippen LogP) is 3.54. The molecular weight excluding hydrogens is 287 g/mol. The number of carbonyl (C=O) groups is 1. The Balaban J connectivity index is 2.13. The Bertz CT molecular complexity index is 502. The molecule has 1 aromatic carbocycles. The summed E-state index contributed by atoms with van der Waals surface area (Å²) in [7, 11) is -3.33. The number of aliphatic carboxylic acids is 1. The molecule has 0 heterocycles. The van der Waals surface area contributed by atoms with E-state index in [2.05, 4.69) is 0 Å². The summed E-state index contributed by atoms with van der Waals surface area (Å²) in [6.45, 7) is 0. The van der Waals surface area contributed by atoms with Crippen LogP contribution in [-0.4, -0.2) is 27.0 Å². The molecule has 2 rings (SSSR count). The second-order valence-electron chi connectivity index (χ2n) is 5.62. The molecule has 5 heteroatoms. The lowest BCUT2D eigenvalue weighted by molar-refractivity contribution is -0.138. The summed E-state index contributed by atoms with van der Waals surface area (Å²) in [5.41, 5.74) is 1.68. The molecule has 1 fully saturated rings. The van der Waals surface area contributed by atoms with Crippen LogP contribution >= 0.6 is 7.72 Å². The van der Waals surface area contributed by atoms with Gasteiger partial charge < -0.3 is 5.11 Å². The van der Waals surface area contributed by atoms with E-state index in [1.54, 1.807) is 30.1 Å². The molecule has 1 aliphatic carbocycles. The predicted molar refractivity (Wildman–Crippen MR) is 84.2 cm³/mol. The molecule has 4 nitrogen and oxygen atoms in total. The number of allylic oxidation sites excluding steroid dienone is 1. The maximum atomic E-state index is 11.4. The Morgan fingerprint density at radius 2 is 1.76 bits per heavy atom. The fraction of sp³-hybridized carbons (Fsp3) is 0.438. The molecule has 0 bridgehead atoms. The van der Waals surface area contributed by atoms with Gasteiger partial charge in [-0.15, -0.1) is 0 Å². The van der Waals surface area contributed by atoms with Crippen LogP contribution in [0.5, 0.6) is 0 Å². The van der Waals surface area contributed by atoms with Gasteiger partial charge in [0.05, 0.1) is 0 Å². The molecular formula is C16H22O4P+. The van der Waals surface area contributed by atoms with Gasteiger partial charge in [0.25, 0.3) is 7.72 Å². The van der Waals surface area contributed by atoms with Gasteiger partial charge in [0, 0.05) is 0 Å². The lowest BCUT2D eigenvalue weighted by Gasteiger charge is -2.18. The highest BCUT2D eigenvalue weighted by Gasteiger charge is 2.39. The van der Waals surface area contributed by atoms with Gasteiger partial charge in [-0.25, -0.2) is 9.79 Å². The quantitative estimate of drug-likeness (QED) is 0.727. The van der Waals surface area contributed by atoms with Gasteiger partial charge in [-0.2, -0.15) is 0 Å². The molecule has 3 N–H and O–H groups in total. The summed E-state index contributed by atoms with van der Waals surface area (Å²) < 4.78 is 0. The first kappa shape index (κ1) is 16.2. The van der Waals surface area contributed by atoms with Crippen LogP contribution < -0.4 is 0 Å². The third-order valence-corrected chi connectivity index (χ3v) is 5.52. The summed E-state index contributed by atoms with van der Waals surface area (Å²) in [4.78, 5) is 32.0. The van der Waals surface area contributed by atoms with Crippen LogP contribution in [0.1, 0.15) is 43.6 Å². The number of rotatable bonds is 5.